The van der Waals surface area contributed by atoms with Crippen molar-refractivity contribution in [3.63, 3.8) is 0 Å². The van der Waals surface area contributed by atoms with Crippen molar-refractivity contribution in [1.29, 1.82) is 0 Å². The maximum absolute atomic E-state index is 5.19. The molecule has 1 spiro atoms. The Labute approximate surface area is 178 Å². The molecule has 1 aromatic heterocycles. The first-order valence-electron chi connectivity index (χ1n) is 9.79. The van der Waals surface area contributed by atoms with E-state index in [0.29, 0.717) is 0 Å². The lowest BCUT2D eigenvalue weighted by Gasteiger charge is -2.33. The van der Waals surface area contributed by atoms with Gasteiger partial charge in [0.1, 0.15) is 5.54 Å². The predicted octanol–water partition coefficient (Wildman–Crippen LogP) is 6.49. The van der Waals surface area contributed by atoms with Crippen LogP contribution in [-0.2, 0) is 6.42 Å². The molecular weight excluding hydrogens is 392 g/mol. The van der Waals surface area contributed by atoms with Gasteiger partial charge in [-0.3, -0.25) is 4.99 Å². The maximum Gasteiger partial charge on any atom is 0.137 e. The van der Waals surface area contributed by atoms with Gasteiger partial charge in [-0.05, 0) is 59.6 Å². The van der Waals surface area contributed by atoms with E-state index in [1.54, 1.807) is 23.1 Å². The molecule has 1 aliphatic heterocycles. The summed E-state index contributed by atoms with van der Waals surface area (Å²) in [5.41, 5.74) is 4.72. The Morgan fingerprint density at radius 3 is 3.07 bits per heavy atom. The quantitative estimate of drug-likeness (QED) is 0.578. The van der Waals surface area contributed by atoms with Gasteiger partial charge in [0.2, 0.25) is 0 Å². The van der Waals surface area contributed by atoms with Crippen LogP contribution in [0.1, 0.15) is 11.4 Å². The molecule has 29 heavy (non-hydrogen) atoms. The molecule has 2 aromatic rings. The van der Waals surface area contributed by atoms with Crippen molar-refractivity contribution < 1.29 is 0 Å². The molecular formula is C25H18N2S2. The first-order chi connectivity index (χ1) is 14.3. The predicted molar refractivity (Wildman–Crippen MR) is 125 cm³/mol. The molecule has 1 atom stereocenters. The summed E-state index contributed by atoms with van der Waals surface area (Å²) in [6.07, 6.45) is 24.0. The smallest absolute Gasteiger partial charge is 0.137 e. The van der Waals surface area contributed by atoms with Crippen LogP contribution in [-0.4, -0.2) is 15.6 Å². The van der Waals surface area contributed by atoms with Gasteiger partial charge in [-0.25, -0.2) is 4.98 Å². The summed E-state index contributed by atoms with van der Waals surface area (Å²) in [6.45, 7) is 0. The number of thiazole rings is 1. The summed E-state index contributed by atoms with van der Waals surface area (Å²) in [5.74, 6) is 0. The molecule has 4 aliphatic rings. The van der Waals surface area contributed by atoms with Crippen molar-refractivity contribution in [2.24, 2.45) is 4.99 Å². The van der Waals surface area contributed by atoms with Crippen LogP contribution in [0, 0.1) is 0 Å². The van der Waals surface area contributed by atoms with Gasteiger partial charge in [0, 0.05) is 11.3 Å². The fourth-order valence-corrected chi connectivity index (χ4v) is 6.20. The lowest BCUT2D eigenvalue weighted by Crippen LogP contribution is -2.29. The van der Waals surface area contributed by atoms with E-state index >= 15 is 0 Å². The van der Waals surface area contributed by atoms with E-state index in [2.05, 4.69) is 79.0 Å². The van der Waals surface area contributed by atoms with E-state index in [4.69, 9.17) is 9.98 Å². The number of hydrogen-bond donors (Lipinski definition) is 0. The van der Waals surface area contributed by atoms with Crippen LogP contribution in [0.15, 0.2) is 112 Å². The number of aromatic nitrogens is 1. The zero-order valence-corrected chi connectivity index (χ0v) is 17.3. The highest BCUT2D eigenvalue weighted by Gasteiger charge is 2.43. The third-order valence-electron chi connectivity index (χ3n) is 5.55. The Balaban J connectivity index is 1.29. The summed E-state index contributed by atoms with van der Waals surface area (Å²) in [4.78, 5) is 11.2. The fraction of sp³-hybridized carbons (Fsp3) is 0.120. The molecule has 1 unspecified atom stereocenters. The zero-order valence-electron chi connectivity index (χ0n) is 15.7. The summed E-state index contributed by atoms with van der Waals surface area (Å²) in [7, 11) is 0. The highest BCUT2D eigenvalue weighted by atomic mass is 32.2. The summed E-state index contributed by atoms with van der Waals surface area (Å²) in [5, 5.41) is 2.22. The van der Waals surface area contributed by atoms with E-state index in [-0.39, 0.29) is 5.54 Å². The van der Waals surface area contributed by atoms with Gasteiger partial charge in [-0.15, -0.1) is 11.3 Å². The monoisotopic (exact) mass is 410 g/mol. The van der Waals surface area contributed by atoms with Gasteiger partial charge >= 0.3 is 0 Å². The minimum Gasteiger partial charge on any atom is -0.257 e. The van der Waals surface area contributed by atoms with E-state index < -0.39 is 0 Å². The van der Waals surface area contributed by atoms with Crippen LogP contribution in [0.25, 0.3) is 10.2 Å². The second-order valence-corrected chi connectivity index (χ2v) is 9.59. The van der Waals surface area contributed by atoms with Crippen LogP contribution in [0.4, 0.5) is 0 Å². The molecule has 0 bridgehead atoms. The second-order valence-electron chi connectivity index (χ2n) is 7.41. The van der Waals surface area contributed by atoms with E-state index in [0.717, 1.165) is 28.4 Å². The van der Waals surface area contributed by atoms with Crippen molar-refractivity contribution in [3.8, 4) is 0 Å². The van der Waals surface area contributed by atoms with Crippen molar-refractivity contribution in [3.05, 3.63) is 112 Å². The van der Waals surface area contributed by atoms with Crippen molar-refractivity contribution in [2.75, 3.05) is 0 Å². The van der Waals surface area contributed by atoms with E-state index in [1.807, 2.05) is 6.07 Å². The van der Waals surface area contributed by atoms with Crippen LogP contribution in [0.3, 0.4) is 0 Å². The summed E-state index contributed by atoms with van der Waals surface area (Å²) < 4.78 is 1.25. The standard InChI is InChI=1S/C25H18N2S2/c1-2-8-18-16-25-19(15-17(18)7-1)9-5-12-22(25)29-24(27-25)14-6-13-23-26-20-10-3-4-11-21(20)28-23/h1-7,9-12,14-16H,8,13H2. The fourth-order valence-electron chi connectivity index (χ4n) is 4.15. The summed E-state index contributed by atoms with van der Waals surface area (Å²) >= 11 is 3.55. The van der Waals surface area contributed by atoms with Gasteiger partial charge < -0.3 is 0 Å². The molecule has 1 aromatic carbocycles. The minimum atomic E-state index is -0.327. The first kappa shape index (κ1) is 17.2. The molecule has 0 amide bonds. The zero-order chi connectivity index (χ0) is 19.3. The molecule has 2 nitrogen and oxygen atoms in total. The normalized spacial score (nSPS) is 24.5. The number of hydrogen-bond acceptors (Lipinski definition) is 4. The molecule has 0 fully saturated rings. The topological polar surface area (TPSA) is 25.2 Å². The highest BCUT2D eigenvalue weighted by Crippen LogP contribution is 2.51. The van der Waals surface area contributed by atoms with E-state index in [9.17, 15) is 0 Å². The highest BCUT2D eigenvalue weighted by molar-refractivity contribution is 8.18. The number of para-hydroxylation sites is 1. The number of fused-ring (bicyclic) bond motifs is 2. The minimum absolute atomic E-state index is 0.327. The Hall–Kier alpha value is -2.69. The third kappa shape index (κ3) is 2.86. The SMILES string of the molecule is C1=CCC2=CC34N=C(C=CCc5nc6ccccc6s5)SC3=CC=CC4=CC2=C1. The molecule has 4 heteroatoms. The Morgan fingerprint density at radius 2 is 2.10 bits per heavy atom. The number of rotatable bonds is 3. The van der Waals surface area contributed by atoms with Crippen LogP contribution in [0.5, 0.6) is 0 Å². The second kappa shape index (κ2) is 6.68. The lowest BCUT2D eigenvalue weighted by atomic mass is 9.76. The molecule has 0 N–H and O–H groups in total. The van der Waals surface area contributed by atoms with Crippen molar-refractivity contribution in [2.45, 2.75) is 18.4 Å². The molecule has 3 aliphatic carbocycles. The number of nitrogens with zero attached hydrogens (tertiary/aromatic N) is 2. The van der Waals surface area contributed by atoms with Gasteiger partial charge in [0.15, 0.2) is 0 Å². The Bertz CT molecular complexity index is 1240. The maximum atomic E-state index is 5.19. The van der Waals surface area contributed by atoms with Crippen molar-refractivity contribution >= 4 is 38.4 Å². The molecule has 0 saturated heterocycles. The summed E-state index contributed by atoms with van der Waals surface area (Å²) in [6, 6.07) is 8.32. The Kier molecular flexibility index (Phi) is 3.96. The average Bonchev–Trinajstić information content (AvgIpc) is 3.31. The molecule has 6 rings (SSSR count). The molecule has 140 valence electrons. The van der Waals surface area contributed by atoms with Crippen LogP contribution >= 0.6 is 23.1 Å². The van der Waals surface area contributed by atoms with Crippen molar-refractivity contribution in [1.82, 2.24) is 4.98 Å². The molecule has 2 heterocycles. The first-order valence-corrected chi connectivity index (χ1v) is 11.4. The van der Waals surface area contributed by atoms with Crippen LogP contribution < -0.4 is 0 Å². The van der Waals surface area contributed by atoms with Gasteiger partial charge in [-0.2, -0.15) is 0 Å². The lowest BCUT2D eigenvalue weighted by molar-refractivity contribution is 0.762. The number of thioether (sulfide) groups is 1. The molecule has 0 saturated carbocycles. The largest absolute Gasteiger partial charge is 0.257 e. The average molecular weight is 411 g/mol. The van der Waals surface area contributed by atoms with Crippen LogP contribution in [0.2, 0.25) is 0 Å². The van der Waals surface area contributed by atoms with Gasteiger partial charge in [0.25, 0.3) is 0 Å². The number of allylic oxidation sites excluding steroid dienone is 9. The van der Waals surface area contributed by atoms with Gasteiger partial charge in [-0.1, -0.05) is 60.4 Å². The molecule has 0 radical (unpaired) electrons. The third-order valence-corrected chi connectivity index (χ3v) is 7.71. The van der Waals surface area contributed by atoms with E-state index in [1.165, 1.54) is 26.3 Å². The number of aliphatic imine (C=N–C) groups is 1. The van der Waals surface area contributed by atoms with Gasteiger partial charge in [0.05, 0.1) is 20.3 Å². The Morgan fingerprint density at radius 1 is 1.14 bits per heavy atom. The number of benzene rings is 1.